The van der Waals surface area contributed by atoms with Crippen molar-refractivity contribution in [1.82, 2.24) is 4.98 Å². The predicted molar refractivity (Wildman–Crippen MR) is 57.9 cm³/mol. The van der Waals surface area contributed by atoms with E-state index in [4.69, 9.17) is 5.73 Å². The van der Waals surface area contributed by atoms with Crippen LogP contribution in [0.15, 0.2) is 54.7 Å². The third-order valence-corrected chi connectivity index (χ3v) is 2.27. The highest BCUT2D eigenvalue weighted by molar-refractivity contribution is 5.30. The van der Waals surface area contributed by atoms with Crippen LogP contribution in [0, 0.1) is 0 Å². The SMILES string of the molecule is NC(O)(c1ccccc1)c1ccccn1. The van der Waals surface area contributed by atoms with Crippen LogP contribution in [0.4, 0.5) is 0 Å². The number of rotatable bonds is 2. The highest BCUT2D eigenvalue weighted by Gasteiger charge is 2.27. The quantitative estimate of drug-likeness (QED) is 0.717. The number of nitrogens with two attached hydrogens (primary N) is 1. The van der Waals surface area contributed by atoms with Crippen LogP contribution in [0.3, 0.4) is 0 Å². The van der Waals surface area contributed by atoms with E-state index in [0.29, 0.717) is 11.3 Å². The average Bonchev–Trinajstić information content (AvgIpc) is 2.31. The van der Waals surface area contributed by atoms with Gasteiger partial charge in [0.15, 0.2) is 5.72 Å². The molecule has 1 atom stereocenters. The van der Waals surface area contributed by atoms with Crippen LogP contribution in [0.25, 0.3) is 0 Å². The number of hydrogen-bond donors (Lipinski definition) is 2. The van der Waals surface area contributed by atoms with E-state index in [1.54, 1.807) is 36.5 Å². The van der Waals surface area contributed by atoms with Crippen molar-refractivity contribution in [3.63, 3.8) is 0 Å². The van der Waals surface area contributed by atoms with Crippen LogP contribution < -0.4 is 5.73 Å². The van der Waals surface area contributed by atoms with E-state index in [1.165, 1.54) is 0 Å². The number of aliphatic hydroxyl groups is 1. The fourth-order valence-corrected chi connectivity index (χ4v) is 1.43. The molecule has 0 saturated carbocycles. The normalized spacial score (nSPS) is 14.5. The zero-order valence-corrected chi connectivity index (χ0v) is 8.17. The van der Waals surface area contributed by atoms with Gasteiger partial charge in [0, 0.05) is 11.8 Å². The molecule has 3 heteroatoms. The van der Waals surface area contributed by atoms with Gasteiger partial charge in [-0.2, -0.15) is 0 Å². The lowest BCUT2D eigenvalue weighted by Gasteiger charge is -2.22. The summed E-state index contributed by atoms with van der Waals surface area (Å²) < 4.78 is 0. The standard InChI is InChI=1S/C12H12N2O/c13-12(15,10-6-2-1-3-7-10)11-8-4-5-9-14-11/h1-9,15H,13H2. The van der Waals surface area contributed by atoms with Crippen LogP contribution in [0.5, 0.6) is 0 Å². The highest BCUT2D eigenvalue weighted by atomic mass is 16.3. The summed E-state index contributed by atoms with van der Waals surface area (Å²) in [4.78, 5) is 4.05. The zero-order chi connectivity index (χ0) is 10.7. The van der Waals surface area contributed by atoms with Crippen molar-refractivity contribution < 1.29 is 5.11 Å². The van der Waals surface area contributed by atoms with Crippen molar-refractivity contribution in [1.29, 1.82) is 0 Å². The second-order valence-electron chi connectivity index (χ2n) is 3.35. The van der Waals surface area contributed by atoms with Crippen molar-refractivity contribution in [2.75, 3.05) is 0 Å². The van der Waals surface area contributed by atoms with Crippen LogP contribution in [-0.4, -0.2) is 10.1 Å². The van der Waals surface area contributed by atoms with Gasteiger partial charge in [-0.3, -0.25) is 10.7 Å². The molecule has 0 amide bonds. The van der Waals surface area contributed by atoms with Crippen molar-refractivity contribution in [2.45, 2.75) is 5.72 Å². The van der Waals surface area contributed by atoms with Gasteiger partial charge in [-0.1, -0.05) is 36.4 Å². The van der Waals surface area contributed by atoms with E-state index in [0.717, 1.165) is 0 Å². The van der Waals surface area contributed by atoms with Gasteiger partial charge in [0.2, 0.25) is 0 Å². The summed E-state index contributed by atoms with van der Waals surface area (Å²) in [5, 5.41) is 10.2. The Hall–Kier alpha value is -1.71. The molecular weight excluding hydrogens is 188 g/mol. The number of aromatic nitrogens is 1. The van der Waals surface area contributed by atoms with Gasteiger partial charge in [0.25, 0.3) is 0 Å². The number of pyridine rings is 1. The molecule has 0 aliphatic carbocycles. The topological polar surface area (TPSA) is 59.1 Å². The van der Waals surface area contributed by atoms with Crippen molar-refractivity contribution >= 4 is 0 Å². The third kappa shape index (κ3) is 1.88. The van der Waals surface area contributed by atoms with E-state index >= 15 is 0 Å². The largest absolute Gasteiger partial charge is 0.366 e. The lowest BCUT2D eigenvalue weighted by molar-refractivity contribution is 0.0837. The van der Waals surface area contributed by atoms with Crippen LogP contribution in [0.2, 0.25) is 0 Å². The van der Waals surface area contributed by atoms with Crippen LogP contribution >= 0.6 is 0 Å². The minimum atomic E-state index is -1.53. The average molecular weight is 200 g/mol. The Balaban J connectivity index is 2.44. The minimum Gasteiger partial charge on any atom is -0.366 e. The molecule has 0 bridgehead atoms. The Labute approximate surface area is 88.2 Å². The zero-order valence-electron chi connectivity index (χ0n) is 8.17. The second-order valence-corrected chi connectivity index (χ2v) is 3.35. The number of nitrogens with zero attached hydrogens (tertiary/aromatic N) is 1. The Morgan fingerprint density at radius 2 is 1.67 bits per heavy atom. The fourth-order valence-electron chi connectivity index (χ4n) is 1.43. The lowest BCUT2D eigenvalue weighted by atomic mass is 10.00. The smallest absolute Gasteiger partial charge is 0.183 e. The monoisotopic (exact) mass is 200 g/mol. The molecule has 1 heterocycles. The molecule has 2 rings (SSSR count). The van der Waals surface area contributed by atoms with Crippen LogP contribution in [-0.2, 0) is 5.72 Å². The first-order valence-corrected chi connectivity index (χ1v) is 4.69. The van der Waals surface area contributed by atoms with E-state index in [-0.39, 0.29) is 0 Å². The molecule has 15 heavy (non-hydrogen) atoms. The highest BCUT2D eigenvalue weighted by Crippen LogP contribution is 2.21. The molecule has 0 aliphatic rings. The molecule has 1 unspecified atom stereocenters. The first-order chi connectivity index (χ1) is 7.21. The Bertz CT molecular complexity index is 384. The number of benzene rings is 1. The van der Waals surface area contributed by atoms with Crippen molar-refractivity contribution in [3.8, 4) is 0 Å². The number of hydrogen-bond acceptors (Lipinski definition) is 3. The molecule has 3 nitrogen and oxygen atoms in total. The summed E-state index contributed by atoms with van der Waals surface area (Å²) in [6.07, 6.45) is 1.61. The Morgan fingerprint density at radius 3 is 2.27 bits per heavy atom. The summed E-state index contributed by atoms with van der Waals surface area (Å²) in [5.41, 5.74) is 5.40. The van der Waals surface area contributed by atoms with Gasteiger partial charge < -0.3 is 5.11 Å². The first-order valence-electron chi connectivity index (χ1n) is 4.69. The molecular formula is C12H12N2O. The molecule has 0 aliphatic heterocycles. The maximum Gasteiger partial charge on any atom is 0.183 e. The minimum absolute atomic E-state index is 0.441. The van der Waals surface area contributed by atoms with Crippen molar-refractivity contribution in [2.24, 2.45) is 5.73 Å². The molecule has 3 N–H and O–H groups in total. The second kappa shape index (κ2) is 3.81. The molecule has 76 valence electrons. The van der Waals surface area contributed by atoms with Gasteiger partial charge in [-0.05, 0) is 12.1 Å². The Kier molecular flexibility index (Phi) is 2.49. The van der Waals surface area contributed by atoms with Crippen LogP contribution in [0.1, 0.15) is 11.3 Å². The lowest BCUT2D eigenvalue weighted by Crippen LogP contribution is -2.38. The molecule has 1 aromatic heterocycles. The van der Waals surface area contributed by atoms with Gasteiger partial charge in [-0.15, -0.1) is 0 Å². The van der Waals surface area contributed by atoms with E-state index < -0.39 is 5.72 Å². The molecule has 0 spiro atoms. The van der Waals surface area contributed by atoms with Gasteiger partial charge in [-0.25, -0.2) is 0 Å². The molecule has 0 fully saturated rings. The summed E-state index contributed by atoms with van der Waals surface area (Å²) in [6.45, 7) is 0. The summed E-state index contributed by atoms with van der Waals surface area (Å²) in [7, 11) is 0. The maximum absolute atomic E-state index is 10.2. The van der Waals surface area contributed by atoms with E-state index in [1.807, 2.05) is 18.2 Å². The Morgan fingerprint density at radius 1 is 1.00 bits per heavy atom. The summed E-state index contributed by atoms with van der Waals surface area (Å²) in [5.74, 6) is 0. The van der Waals surface area contributed by atoms with Gasteiger partial charge >= 0.3 is 0 Å². The molecule has 0 saturated heterocycles. The molecule has 0 radical (unpaired) electrons. The fraction of sp³-hybridized carbons (Fsp3) is 0.0833. The summed E-state index contributed by atoms with van der Waals surface area (Å²) in [6, 6.07) is 14.4. The van der Waals surface area contributed by atoms with E-state index in [2.05, 4.69) is 4.98 Å². The van der Waals surface area contributed by atoms with Gasteiger partial charge in [0.05, 0.1) is 5.69 Å². The molecule has 1 aromatic carbocycles. The van der Waals surface area contributed by atoms with E-state index in [9.17, 15) is 5.11 Å². The van der Waals surface area contributed by atoms with Crippen molar-refractivity contribution in [3.05, 3.63) is 66.0 Å². The maximum atomic E-state index is 10.2. The molecule has 2 aromatic rings. The van der Waals surface area contributed by atoms with Gasteiger partial charge in [0.1, 0.15) is 0 Å². The summed E-state index contributed by atoms with van der Waals surface area (Å²) >= 11 is 0. The third-order valence-electron chi connectivity index (χ3n) is 2.27. The first kappa shape index (κ1) is 9.83. The predicted octanol–water partition coefficient (Wildman–Crippen LogP) is 1.23.